The summed E-state index contributed by atoms with van der Waals surface area (Å²) in [5.74, 6) is 0.942. The Morgan fingerprint density at radius 1 is 1.40 bits per heavy atom. The SMILES string of the molecule is CCCOc1ccc(Br)cc1C=CCBr. The van der Waals surface area contributed by atoms with Gasteiger partial charge in [0.25, 0.3) is 0 Å². The molecule has 0 aliphatic heterocycles. The van der Waals surface area contributed by atoms with Crippen molar-refractivity contribution in [1.29, 1.82) is 0 Å². The molecule has 0 radical (unpaired) electrons. The Morgan fingerprint density at radius 2 is 2.20 bits per heavy atom. The molecule has 0 aliphatic carbocycles. The smallest absolute Gasteiger partial charge is 0.126 e. The minimum absolute atomic E-state index is 0.761. The zero-order valence-electron chi connectivity index (χ0n) is 8.67. The average Bonchev–Trinajstić information content (AvgIpc) is 2.25. The van der Waals surface area contributed by atoms with Crippen molar-refractivity contribution in [2.45, 2.75) is 13.3 Å². The van der Waals surface area contributed by atoms with Crippen molar-refractivity contribution in [2.75, 3.05) is 11.9 Å². The second-order valence-corrected chi connectivity index (χ2v) is 4.65. The van der Waals surface area contributed by atoms with Crippen LogP contribution in [0.4, 0.5) is 0 Å². The van der Waals surface area contributed by atoms with Gasteiger partial charge in [0.15, 0.2) is 0 Å². The third-order valence-corrected chi connectivity index (χ3v) is 2.69. The van der Waals surface area contributed by atoms with Crippen molar-refractivity contribution in [2.24, 2.45) is 0 Å². The van der Waals surface area contributed by atoms with Crippen LogP contribution in [-0.2, 0) is 0 Å². The van der Waals surface area contributed by atoms with Crippen molar-refractivity contribution in [3.8, 4) is 5.75 Å². The van der Waals surface area contributed by atoms with Gasteiger partial charge in [-0.2, -0.15) is 0 Å². The highest BCUT2D eigenvalue weighted by molar-refractivity contribution is 9.10. The molecule has 1 rings (SSSR count). The van der Waals surface area contributed by atoms with Gasteiger partial charge in [0.2, 0.25) is 0 Å². The normalized spacial score (nSPS) is 10.9. The minimum Gasteiger partial charge on any atom is -0.493 e. The molecule has 0 bridgehead atoms. The third kappa shape index (κ3) is 4.39. The zero-order chi connectivity index (χ0) is 11.1. The van der Waals surface area contributed by atoms with E-state index in [0.29, 0.717) is 0 Å². The molecule has 0 aromatic heterocycles. The van der Waals surface area contributed by atoms with Gasteiger partial charge in [-0.05, 0) is 24.6 Å². The van der Waals surface area contributed by atoms with E-state index in [0.717, 1.165) is 34.1 Å². The molecular formula is C12H14Br2O. The van der Waals surface area contributed by atoms with E-state index in [1.54, 1.807) is 0 Å². The highest BCUT2D eigenvalue weighted by atomic mass is 79.9. The van der Waals surface area contributed by atoms with Crippen LogP contribution in [0.25, 0.3) is 6.08 Å². The number of allylic oxidation sites excluding steroid dienone is 1. The maximum absolute atomic E-state index is 5.65. The van der Waals surface area contributed by atoms with Crippen molar-refractivity contribution in [3.05, 3.63) is 34.3 Å². The number of hydrogen-bond acceptors (Lipinski definition) is 1. The van der Waals surface area contributed by atoms with E-state index >= 15 is 0 Å². The van der Waals surface area contributed by atoms with Gasteiger partial charge in [-0.1, -0.05) is 50.9 Å². The van der Waals surface area contributed by atoms with Crippen molar-refractivity contribution in [3.63, 3.8) is 0 Å². The summed E-state index contributed by atoms with van der Waals surface area (Å²) in [6.07, 6.45) is 5.14. The maximum atomic E-state index is 5.65. The van der Waals surface area contributed by atoms with Crippen LogP contribution >= 0.6 is 31.9 Å². The van der Waals surface area contributed by atoms with Crippen molar-refractivity contribution in [1.82, 2.24) is 0 Å². The van der Waals surface area contributed by atoms with Crippen LogP contribution in [0.5, 0.6) is 5.75 Å². The molecule has 0 unspecified atom stereocenters. The van der Waals surface area contributed by atoms with Crippen molar-refractivity contribution < 1.29 is 4.74 Å². The fourth-order valence-electron chi connectivity index (χ4n) is 1.16. The highest BCUT2D eigenvalue weighted by Crippen LogP contribution is 2.24. The van der Waals surface area contributed by atoms with E-state index in [-0.39, 0.29) is 0 Å². The highest BCUT2D eigenvalue weighted by Gasteiger charge is 2.00. The van der Waals surface area contributed by atoms with E-state index in [1.165, 1.54) is 0 Å². The van der Waals surface area contributed by atoms with Gasteiger partial charge in [-0.15, -0.1) is 0 Å². The van der Waals surface area contributed by atoms with Gasteiger partial charge in [0.05, 0.1) is 6.61 Å². The largest absolute Gasteiger partial charge is 0.493 e. The first-order chi connectivity index (χ1) is 7.27. The van der Waals surface area contributed by atoms with E-state index in [1.807, 2.05) is 12.1 Å². The third-order valence-electron chi connectivity index (χ3n) is 1.82. The van der Waals surface area contributed by atoms with Crippen LogP contribution < -0.4 is 4.74 Å². The molecule has 3 heteroatoms. The summed E-state index contributed by atoms with van der Waals surface area (Å²) in [4.78, 5) is 0. The summed E-state index contributed by atoms with van der Waals surface area (Å²) in [7, 11) is 0. The molecule has 0 saturated carbocycles. The van der Waals surface area contributed by atoms with Gasteiger partial charge in [-0.25, -0.2) is 0 Å². The van der Waals surface area contributed by atoms with Gasteiger partial charge in [0, 0.05) is 15.4 Å². The number of ether oxygens (including phenoxy) is 1. The van der Waals surface area contributed by atoms with Gasteiger partial charge >= 0.3 is 0 Å². The molecule has 0 aliphatic rings. The summed E-state index contributed by atoms with van der Waals surface area (Å²) in [6, 6.07) is 6.05. The summed E-state index contributed by atoms with van der Waals surface area (Å²) >= 11 is 6.82. The predicted octanol–water partition coefficient (Wildman–Crippen LogP) is 4.65. The topological polar surface area (TPSA) is 9.23 Å². The lowest BCUT2D eigenvalue weighted by Crippen LogP contribution is -1.96. The van der Waals surface area contributed by atoms with Crippen LogP contribution in [0.3, 0.4) is 0 Å². The Hall–Kier alpha value is -0.280. The summed E-state index contributed by atoms with van der Waals surface area (Å²) in [6.45, 7) is 2.86. The molecule has 1 aromatic carbocycles. The van der Waals surface area contributed by atoms with E-state index in [9.17, 15) is 0 Å². The average molecular weight is 334 g/mol. The number of benzene rings is 1. The lowest BCUT2D eigenvalue weighted by molar-refractivity contribution is 0.317. The molecule has 82 valence electrons. The number of alkyl halides is 1. The lowest BCUT2D eigenvalue weighted by Gasteiger charge is -2.08. The Labute approximate surface area is 108 Å². The number of halogens is 2. The van der Waals surface area contributed by atoms with E-state index < -0.39 is 0 Å². The van der Waals surface area contributed by atoms with Gasteiger partial charge in [-0.3, -0.25) is 0 Å². The van der Waals surface area contributed by atoms with E-state index in [2.05, 4.69) is 57.0 Å². The lowest BCUT2D eigenvalue weighted by atomic mass is 10.2. The van der Waals surface area contributed by atoms with E-state index in [4.69, 9.17) is 4.74 Å². The Bertz CT molecular complexity index is 334. The van der Waals surface area contributed by atoms with Crippen LogP contribution in [0.15, 0.2) is 28.7 Å². The number of rotatable bonds is 5. The molecule has 0 fully saturated rings. The maximum Gasteiger partial charge on any atom is 0.126 e. The molecule has 0 N–H and O–H groups in total. The molecule has 0 heterocycles. The second-order valence-electron chi connectivity index (χ2n) is 3.09. The Balaban J connectivity index is 2.87. The first-order valence-electron chi connectivity index (χ1n) is 4.92. The monoisotopic (exact) mass is 332 g/mol. The summed E-state index contributed by atoms with van der Waals surface area (Å²) in [5, 5.41) is 0.854. The molecule has 0 saturated heterocycles. The fraction of sp³-hybridized carbons (Fsp3) is 0.333. The van der Waals surface area contributed by atoms with Crippen molar-refractivity contribution >= 4 is 37.9 Å². The predicted molar refractivity (Wildman–Crippen MR) is 72.8 cm³/mol. The molecule has 1 aromatic rings. The first kappa shape index (κ1) is 12.8. The Morgan fingerprint density at radius 3 is 2.87 bits per heavy atom. The molecular weight excluding hydrogens is 320 g/mol. The minimum atomic E-state index is 0.761. The van der Waals surface area contributed by atoms with Crippen LogP contribution in [-0.4, -0.2) is 11.9 Å². The molecule has 1 nitrogen and oxygen atoms in total. The van der Waals surface area contributed by atoms with Crippen LogP contribution in [0, 0.1) is 0 Å². The van der Waals surface area contributed by atoms with Gasteiger partial charge < -0.3 is 4.74 Å². The number of hydrogen-bond donors (Lipinski definition) is 0. The molecule has 0 amide bonds. The molecule has 0 atom stereocenters. The van der Waals surface area contributed by atoms with Crippen LogP contribution in [0.2, 0.25) is 0 Å². The fourth-order valence-corrected chi connectivity index (χ4v) is 1.73. The van der Waals surface area contributed by atoms with Gasteiger partial charge in [0.1, 0.15) is 5.75 Å². The zero-order valence-corrected chi connectivity index (χ0v) is 11.8. The first-order valence-corrected chi connectivity index (χ1v) is 6.84. The summed E-state index contributed by atoms with van der Waals surface area (Å²) < 4.78 is 6.72. The quantitative estimate of drug-likeness (QED) is 0.713. The summed E-state index contributed by atoms with van der Waals surface area (Å²) in [5.41, 5.74) is 1.11. The Kier molecular flexibility index (Phi) is 6.03. The van der Waals surface area contributed by atoms with Crippen LogP contribution in [0.1, 0.15) is 18.9 Å². The molecule has 0 spiro atoms. The second kappa shape index (κ2) is 7.07. The molecule has 15 heavy (non-hydrogen) atoms. The standard InChI is InChI=1S/C12H14Br2O/c1-2-8-15-12-6-5-11(14)9-10(12)4-3-7-13/h3-6,9H,2,7-8H2,1H3.